The van der Waals surface area contributed by atoms with Crippen molar-refractivity contribution in [2.45, 2.75) is 38.5 Å². The van der Waals surface area contributed by atoms with Crippen LogP contribution < -0.4 is 10.6 Å². The van der Waals surface area contributed by atoms with E-state index in [4.69, 9.17) is 4.42 Å². The van der Waals surface area contributed by atoms with Gasteiger partial charge >= 0.3 is 6.03 Å². The maximum absolute atomic E-state index is 12.0. The molecule has 0 radical (unpaired) electrons. The van der Waals surface area contributed by atoms with Crippen molar-refractivity contribution in [3.8, 4) is 0 Å². The number of hydrogen-bond acceptors (Lipinski definition) is 4. The van der Waals surface area contributed by atoms with Crippen molar-refractivity contribution in [1.29, 1.82) is 0 Å². The van der Waals surface area contributed by atoms with E-state index in [0.717, 1.165) is 5.56 Å². The third-order valence-electron chi connectivity index (χ3n) is 3.36. The first-order valence-electron chi connectivity index (χ1n) is 7.24. The van der Waals surface area contributed by atoms with E-state index in [1.807, 2.05) is 26.0 Å². The first-order chi connectivity index (χ1) is 10.6. The second-order valence-electron chi connectivity index (χ2n) is 5.29. The zero-order valence-corrected chi connectivity index (χ0v) is 12.7. The second-order valence-corrected chi connectivity index (χ2v) is 5.29. The topological polar surface area (TPSA) is 87.4 Å². The number of hydrogen-bond donors (Lipinski definition) is 3. The van der Waals surface area contributed by atoms with Gasteiger partial charge in [0.05, 0.1) is 12.3 Å². The van der Waals surface area contributed by atoms with Crippen LogP contribution in [0.3, 0.4) is 0 Å². The molecular weight excluding hydrogens is 282 g/mol. The summed E-state index contributed by atoms with van der Waals surface area (Å²) in [5, 5.41) is 15.6. The molecule has 22 heavy (non-hydrogen) atoms. The monoisotopic (exact) mass is 303 g/mol. The van der Waals surface area contributed by atoms with Crippen LogP contribution in [0.1, 0.15) is 43.7 Å². The van der Waals surface area contributed by atoms with Crippen molar-refractivity contribution in [2.24, 2.45) is 0 Å². The normalized spacial score (nSPS) is 14.9. The van der Waals surface area contributed by atoms with Gasteiger partial charge in [-0.25, -0.2) is 4.79 Å². The lowest BCUT2D eigenvalue weighted by Crippen LogP contribution is -2.42. The van der Waals surface area contributed by atoms with Crippen molar-refractivity contribution in [3.63, 3.8) is 0 Å². The van der Waals surface area contributed by atoms with Gasteiger partial charge in [0.2, 0.25) is 0 Å². The van der Waals surface area contributed by atoms with Gasteiger partial charge in [0, 0.05) is 24.9 Å². The highest BCUT2D eigenvalue weighted by molar-refractivity contribution is 5.74. The van der Waals surface area contributed by atoms with Crippen LogP contribution in [0.25, 0.3) is 0 Å². The predicted octanol–water partition coefficient (Wildman–Crippen LogP) is 2.55. The average Bonchev–Trinajstić information content (AvgIpc) is 3.02. The fraction of sp³-hybridized carbons (Fsp3) is 0.375. The molecule has 0 fully saturated rings. The van der Waals surface area contributed by atoms with Crippen molar-refractivity contribution in [2.75, 3.05) is 0 Å². The number of nitrogens with zero attached hydrogens (tertiary/aromatic N) is 1. The number of rotatable bonds is 6. The van der Waals surface area contributed by atoms with E-state index in [-0.39, 0.29) is 18.1 Å². The number of pyridine rings is 1. The third-order valence-corrected chi connectivity index (χ3v) is 3.36. The lowest BCUT2D eigenvalue weighted by atomic mass is 10.1. The molecule has 2 amide bonds. The Morgan fingerprint density at radius 2 is 2.14 bits per heavy atom. The van der Waals surface area contributed by atoms with E-state index >= 15 is 0 Å². The van der Waals surface area contributed by atoms with Crippen LogP contribution in [0.4, 0.5) is 4.79 Å². The minimum atomic E-state index is -0.735. The van der Waals surface area contributed by atoms with Crippen LogP contribution in [0.15, 0.2) is 47.3 Å². The summed E-state index contributed by atoms with van der Waals surface area (Å²) in [6, 6.07) is 6.55. The highest BCUT2D eigenvalue weighted by Gasteiger charge is 2.17. The van der Waals surface area contributed by atoms with Crippen molar-refractivity contribution in [3.05, 3.63) is 54.2 Å². The van der Waals surface area contributed by atoms with Crippen molar-refractivity contribution >= 4 is 6.03 Å². The molecule has 2 heterocycles. The number of carbonyl (C=O) groups is 1. The van der Waals surface area contributed by atoms with E-state index in [1.165, 1.54) is 6.26 Å². The van der Waals surface area contributed by atoms with Gasteiger partial charge in [-0.1, -0.05) is 6.07 Å². The molecule has 2 aromatic rings. The molecule has 0 saturated carbocycles. The number of amides is 2. The number of aliphatic hydroxyl groups is 1. The zero-order chi connectivity index (χ0) is 15.9. The molecule has 0 saturated heterocycles. The fourth-order valence-corrected chi connectivity index (χ4v) is 2.17. The lowest BCUT2D eigenvalue weighted by Gasteiger charge is -2.19. The second kappa shape index (κ2) is 7.61. The quantitative estimate of drug-likeness (QED) is 0.765. The summed E-state index contributed by atoms with van der Waals surface area (Å²) in [6.45, 7) is 3.72. The Morgan fingerprint density at radius 1 is 1.32 bits per heavy atom. The van der Waals surface area contributed by atoms with E-state index in [0.29, 0.717) is 12.2 Å². The van der Waals surface area contributed by atoms with E-state index in [9.17, 15) is 9.90 Å². The maximum Gasteiger partial charge on any atom is 0.315 e. The standard InChI is InChI=1S/C16H21N3O3/c1-11(9-14(20)15-6-4-8-22-15)18-16(21)19-12(2)13-5-3-7-17-10-13/h3-8,10-12,14,20H,9H2,1-2H3,(H2,18,19,21)/t11-,12+,14-/m1/s1. The molecule has 3 N–H and O–H groups in total. The number of furan rings is 1. The van der Waals surface area contributed by atoms with Crippen molar-refractivity contribution < 1.29 is 14.3 Å². The number of nitrogens with one attached hydrogen (secondary N) is 2. The molecule has 2 aromatic heterocycles. The first-order valence-corrected chi connectivity index (χ1v) is 7.24. The molecule has 0 spiro atoms. The van der Waals surface area contributed by atoms with Gasteiger partial charge in [-0.15, -0.1) is 0 Å². The number of aliphatic hydroxyl groups excluding tert-OH is 1. The van der Waals surface area contributed by atoms with Gasteiger partial charge < -0.3 is 20.2 Å². The van der Waals surface area contributed by atoms with E-state index in [2.05, 4.69) is 15.6 Å². The van der Waals surface area contributed by atoms with Crippen LogP contribution in [0, 0.1) is 0 Å². The Bertz CT molecular complexity index is 572. The Morgan fingerprint density at radius 3 is 2.77 bits per heavy atom. The molecule has 118 valence electrons. The maximum atomic E-state index is 12.0. The SMILES string of the molecule is C[C@H](C[C@@H](O)c1ccco1)NC(=O)N[C@@H](C)c1cccnc1. The Hall–Kier alpha value is -2.34. The summed E-state index contributed by atoms with van der Waals surface area (Å²) in [4.78, 5) is 16.0. The highest BCUT2D eigenvalue weighted by Crippen LogP contribution is 2.18. The van der Waals surface area contributed by atoms with Crippen LogP contribution in [-0.2, 0) is 0 Å². The number of urea groups is 1. The van der Waals surface area contributed by atoms with Gasteiger partial charge in [0.15, 0.2) is 0 Å². The van der Waals surface area contributed by atoms with Crippen LogP contribution in [-0.4, -0.2) is 22.2 Å². The largest absolute Gasteiger partial charge is 0.467 e. The molecule has 0 bridgehead atoms. The van der Waals surface area contributed by atoms with Crippen LogP contribution >= 0.6 is 0 Å². The third kappa shape index (κ3) is 4.60. The molecule has 0 aliphatic heterocycles. The summed E-state index contributed by atoms with van der Waals surface area (Å²) in [6.07, 6.45) is 4.56. The van der Waals surface area contributed by atoms with Crippen molar-refractivity contribution in [1.82, 2.24) is 15.6 Å². The molecule has 0 aliphatic rings. The molecule has 3 atom stereocenters. The molecule has 6 nitrogen and oxygen atoms in total. The minimum Gasteiger partial charge on any atom is -0.467 e. The fourth-order valence-electron chi connectivity index (χ4n) is 2.17. The zero-order valence-electron chi connectivity index (χ0n) is 12.7. The highest BCUT2D eigenvalue weighted by atomic mass is 16.4. The molecule has 0 aliphatic carbocycles. The Balaban J connectivity index is 1.79. The summed E-state index contributed by atoms with van der Waals surface area (Å²) in [5.74, 6) is 0.498. The van der Waals surface area contributed by atoms with Gasteiger partial charge in [-0.3, -0.25) is 4.98 Å². The molecular formula is C16H21N3O3. The molecule has 0 unspecified atom stereocenters. The molecule has 6 heteroatoms. The van der Waals surface area contributed by atoms with Gasteiger partial charge in [0.1, 0.15) is 11.9 Å². The number of aromatic nitrogens is 1. The summed E-state index contributed by atoms with van der Waals surface area (Å²) in [7, 11) is 0. The van der Waals surface area contributed by atoms with Gasteiger partial charge in [0.25, 0.3) is 0 Å². The Labute approximate surface area is 129 Å². The first kappa shape index (κ1) is 16.0. The van der Waals surface area contributed by atoms with Gasteiger partial charge in [-0.2, -0.15) is 0 Å². The molecule has 2 rings (SSSR count). The van der Waals surface area contributed by atoms with E-state index in [1.54, 1.807) is 24.5 Å². The van der Waals surface area contributed by atoms with Gasteiger partial charge in [-0.05, 0) is 37.6 Å². The predicted molar refractivity (Wildman–Crippen MR) is 82.1 cm³/mol. The number of carbonyl (C=O) groups excluding carboxylic acids is 1. The minimum absolute atomic E-state index is 0.143. The summed E-state index contributed by atoms with van der Waals surface area (Å²) >= 11 is 0. The molecule has 0 aromatic carbocycles. The van der Waals surface area contributed by atoms with Crippen LogP contribution in [0.5, 0.6) is 0 Å². The lowest BCUT2D eigenvalue weighted by molar-refractivity contribution is 0.129. The van der Waals surface area contributed by atoms with Crippen LogP contribution in [0.2, 0.25) is 0 Å². The smallest absolute Gasteiger partial charge is 0.315 e. The summed E-state index contributed by atoms with van der Waals surface area (Å²) < 4.78 is 5.14. The van der Waals surface area contributed by atoms with E-state index < -0.39 is 6.10 Å². The average molecular weight is 303 g/mol. The Kier molecular flexibility index (Phi) is 5.55. The summed E-state index contributed by atoms with van der Waals surface area (Å²) in [5.41, 5.74) is 0.931.